The van der Waals surface area contributed by atoms with Crippen LogP contribution in [-0.4, -0.2) is 86.8 Å². The van der Waals surface area contributed by atoms with Crippen molar-refractivity contribution >= 4 is 0 Å². The molecular formula is C84H64O18. The zero-order valence-corrected chi connectivity index (χ0v) is 53.6. The fourth-order valence-corrected chi connectivity index (χ4v) is 18.5. The molecule has 508 valence electrons. The van der Waals surface area contributed by atoms with Gasteiger partial charge in [-0.3, -0.25) is 0 Å². The molecule has 12 aromatic rings. The molecule has 0 radical (unpaired) electrons. The number of rotatable bonds is 10. The highest BCUT2D eigenvalue weighted by Crippen LogP contribution is 2.73. The van der Waals surface area contributed by atoms with E-state index in [2.05, 4.69) is 0 Å². The number of aromatic hydroxyl groups is 17. The Morgan fingerprint density at radius 2 is 0.588 bits per heavy atom. The molecule has 0 bridgehead atoms. The molecular weight excluding hydrogens is 1300 g/mol. The Hall–Kier alpha value is -13.0. The molecule has 17 rings (SSSR count). The van der Waals surface area contributed by atoms with Crippen molar-refractivity contribution in [1.82, 2.24) is 0 Å². The van der Waals surface area contributed by atoms with E-state index >= 15 is 0 Å². The van der Waals surface area contributed by atoms with Crippen molar-refractivity contribution in [1.29, 1.82) is 0 Å². The van der Waals surface area contributed by atoms with Crippen LogP contribution in [0.25, 0.3) is 0 Å². The smallest absolute Gasteiger partial charge is 0.135 e. The van der Waals surface area contributed by atoms with Crippen LogP contribution in [0.1, 0.15) is 177 Å². The zero-order chi connectivity index (χ0) is 70.7. The van der Waals surface area contributed by atoms with Gasteiger partial charge < -0.3 is 91.5 Å². The van der Waals surface area contributed by atoms with Gasteiger partial charge in [-0.2, -0.15) is 0 Å². The Morgan fingerprint density at radius 1 is 0.225 bits per heavy atom. The van der Waals surface area contributed by atoms with Crippen molar-refractivity contribution in [3.05, 3.63) is 318 Å². The lowest BCUT2D eigenvalue weighted by Gasteiger charge is -2.35. The minimum Gasteiger partial charge on any atom is -0.508 e. The third kappa shape index (κ3) is 9.60. The van der Waals surface area contributed by atoms with Gasteiger partial charge in [0, 0.05) is 128 Å². The van der Waals surface area contributed by atoms with Crippen LogP contribution in [0.15, 0.2) is 212 Å². The number of hydrogen-bond acceptors (Lipinski definition) is 18. The summed E-state index contributed by atoms with van der Waals surface area (Å²) in [5.74, 6) is -16.2. The van der Waals surface area contributed by atoms with E-state index < -0.39 is 106 Å². The predicted molar refractivity (Wildman–Crippen MR) is 373 cm³/mol. The number of phenolic OH excluding ortho intramolecular Hbond substituents is 17. The maximum atomic E-state index is 13.7. The number of hydrogen-bond donors (Lipinski definition) is 17. The van der Waals surface area contributed by atoms with Crippen molar-refractivity contribution in [2.75, 3.05) is 0 Å². The summed E-state index contributed by atoms with van der Waals surface area (Å²) in [6.45, 7) is 0. The molecule has 0 saturated carbocycles. The summed E-state index contributed by atoms with van der Waals surface area (Å²) >= 11 is 0. The molecule has 12 aromatic carbocycles. The van der Waals surface area contributed by atoms with E-state index in [1.165, 1.54) is 115 Å². The second-order valence-electron chi connectivity index (χ2n) is 27.5. The van der Waals surface area contributed by atoms with E-state index in [-0.39, 0.29) is 114 Å². The van der Waals surface area contributed by atoms with Crippen molar-refractivity contribution in [3.63, 3.8) is 0 Å². The van der Waals surface area contributed by atoms with Crippen LogP contribution in [0.3, 0.4) is 0 Å². The summed E-state index contributed by atoms with van der Waals surface area (Å²) in [5, 5.41) is 204. The van der Waals surface area contributed by atoms with E-state index in [4.69, 9.17) is 4.74 Å². The molecule has 12 atom stereocenters. The average molecular weight is 1360 g/mol. The van der Waals surface area contributed by atoms with Gasteiger partial charge >= 0.3 is 0 Å². The largest absolute Gasteiger partial charge is 0.508 e. The summed E-state index contributed by atoms with van der Waals surface area (Å²) in [7, 11) is 0. The molecule has 0 amide bonds. The van der Waals surface area contributed by atoms with Gasteiger partial charge in [-0.15, -0.1) is 0 Å². The second kappa shape index (κ2) is 23.1. The topological polar surface area (TPSA) is 353 Å². The van der Waals surface area contributed by atoms with Gasteiger partial charge in [0.05, 0.1) is 5.92 Å². The van der Waals surface area contributed by atoms with Crippen LogP contribution in [0.2, 0.25) is 0 Å². The Morgan fingerprint density at radius 3 is 1.09 bits per heavy atom. The Kier molecular flexibility index (Phi) is 14.1. The van der Waals surface area contributed by atoms with Gasteiger partial charge in [-0.05, 0) is 176 Å². The minimum atomic E-state index is -1.49. The quantitative estimate of drug-likeness (QED) is 0.0605. The maximum Gasteiger partial charge on any atom is 0.135 e. The Balaban J connectivity index is 0.949. The summed E-state index contributed by atoms with van der Waals surface area (Å²) in [5.41, 5.74) is 6.60. The monoisotopic (exact) mass is 1360 g/mol. The molecule has 0 fully saturated rings. The fraction of sp³-hybridized carbons (Fsp3) is 0.143. The molecule has 5 aliphatic rings. The van der Waals surface area contributed by atoms with Gasteiger partial charge in [0.15, 0.2) is 0 Å². The normalized spacial score (nSPS) is 21.9. The highest BCUT2D eigenvalue weighted by Gasteiger charge is 2.58. The first-order chi connectivity index (χ1) is 49.1. The molecule has 18 nitrogen and oxygen atoms in total. The third-order valence-electron chi connectivity index (χ3n) is 22.1. The van der Waals surface area contributed by atoms with E-state index in [1.54, 1.807) is 78.9 Å². The van der Waals surface area contributed by atoms with Crippen LogP contribution < -0.4 is 4.74 Å². The van der Waals surface area contributed by atoms with Gasteiger partial charge in [-0.25, -0.2) is 0 Å². The van der Waals surface area contributed by atoms with Crippen LogP contribution in [0.4, 0.5) is 0 Å². The van der Waals surface area contributed by atoms with Crippen molar-refractivity contribution < 1.29 is 91.5 Å². The predicted octanol–water partition coefficient (Wildman–Crippen LogP) is 15.2. The van der Waals surface area contributed by atoms with Gasteiger partial charge in [0.25, 0.3) is 0 Å². The highest BCUT2D eigenvalue weighted by molar-refractivity contribution is 5.76. The lowest BCUT2D eigenvalue weighted by molar-refractivity contribution is 0.221. The van der Waals surface area contributed by atoms with E-state index in [0.29, 0.717) is 61.2 Å². The highest BCUT2D eigenvalue weighted by atomic mass is 16.5. The zero-order valence-electron chi connectivity index (χ0n) is 53.6. The van der Waals surface area contributed by atoms with Gasteiger partial charge in [-0.1, -0.05) is 72.8 Å². The van der Waals surface area contributed by atoms with E-state index in [9.17, 15) is 86.8 Å². The van der Waals surface area contributed by atoms with Crippen molar-refractivity contribution in [2.24, 2.45) is 0 Å². The molecule has 18 heteroatoms. The minimum absolute atomic E-state index is 0.0158. The molecule has 1 aliphatic heterocycles. The van der Waals surface area contributed by atoms with Crippen LogP contribution in [0, 0.1) is 0 Å². The molecule has 0 unspecified atom stereocenters. The number of ether oxygens (including phenoxy) is 1. The molecule has 17 N–H and O–H groups in total. The van der Waals surface area contributed by atoms with E-state index in [0.717, 1.165) is 18.2 Å². The lowest BCUT2D eigenvalue weighted by atomic mass is 9.68. The van der Waals surface area contributed by atoms with Crippen molar-refractivity contribution in [2.45, 2.75) is 71.2 Å². The fourth-order valence-electron chi connectivity index (χ4n) is 18.5. The van der Waals surface area contributed by atoms with Gasteiger partial charge in [0.1, 0.15) is 110 Å². The van der Waals surface area contributed by atoms with Crippen LogP contribution >= 0.6 is 0 Å². The molecule has 102 heavy (non-hydrogen) atoms. The molecule has 0 spiro atoms. The van der Waals surface area contributed by atoms with Gasteiger partial charge in [0.2, 0.25) is 0 Å². The SMILES string of the molecule is Oc1ccc([C@H](c2c(O)cc([C@H]3c4c(O)cc5c6c4[C@H]([C@@H](c4ccc(O)cc4)c4c(O)cc(O)cc4[C@H]6[C@H](c4ccc(O)cc4)O5)[C@@H]3c3ccc(O)cc3)cc2O)[C@@H]2c3c(O)cc(O)cc3[C@H](c3ccc(O)cc3)[C@H]3c4c2c(O)cc(O)c4[C@H](c2cc(O)cc(O)c2)[C@H]3c2ccc(O)cc2)cc1. The van der Waals surface area contributed by atoms with Crippen molar-refractivity contribution in [3.8, 4) is 103 Å². The molecule has 4 aliphatic carbocycles. The lowest BCUT2D eigenvalue weighted by Crippen LogP contribution is -2.21. The average Bonchev–Trinajstić information content (AvgIpc) is 1.52. The second-order valence-corrected chi connectivity index (χ2v) is 27.5. The first-order valence-electron chi connectivity index (χ1n) is 33.2. The summed E-state index contributed by atoms with van der Waals surface area (Å²) in [4.78, 5) is 0. The van der Waals surface area contributed by atoms with Crippen LogP contribution in [0.5, 0.6) is 103 Å². The number of fused-ring (bicyclic) bond motifs is 3. The Bertz CT molecular complexity index is 5360. The number of phenols is 17. The first-order valence-corrected chi connectivity index (χ1v) is 33.2. The molecule has 1 heterocycles. The summed E-state index contributed by atoms with van der Waals surface area (Å²) in [6, 6.07) is 52.9. The molecule has 0 aromatic heterocycles. The summed E-state index contributed by atoms with van der Waals surface area (Å²) < 4.78 is 6.95. The first kappa shape index (κ1) is 62.6. The van der Waals surface area contributed by atoms with Crippen LogP contribution in [-0.2, 0) is 0 Å². The maximum absolute atomic E-state index is 13.7. The Labute approximate surface area is 581 Å². The summed E-state index contributed by atoms with van der Waals surface area (Å²) in [6.07, 6.45) is -0.899. The standard InChI is InChI=1S/C84H64O18/c85-44-13-1-36(2-14-44)64-54-30-52(93)33-59(98)72(54)81(77-61(100)34-60(99)75-69(42-25-50(91)29-51(92)26-42)65(79(64)82(75)77)37-3-15-45(86)16-4-37)68(40-9-21-48(89)22-10-40)74-56(95)27-43(28-57(74)96)70-66(38-5-17-46(87)18-6-38)80-67(39-7-19-47(88)20-8-39)71-55(31-53(94)32-58(71)97)73-78-63(35-62(101)76(70)83(78)80)102-84(73)41-11-23-49(90)24-12-41/h1-35,64-70,73,79-81,84-101H/t64-,65+,66+,67-,68+,69+,70+,73+,79+,80-,81+,84-/m0/s1. The number of benzene rings is 12. The van der Waals surface area contributed by atoms with E-state index in [1.807, 2.05) is 0 Å². The molecule has 0 saturated heterocycles. The third-order valence-corrected chi connectivity index (χ3v) is 22.1.